The van der Waals surface area contributed by atoms with Gasteiger partial charge in [-0.25, -0.2) is 4.79 Å². The average molecular weight is 347 g/mol. The van der Waals surface area contributed by atoms with Crippen molar-refractivity contribution in [2.24, 2.45) is 0 Å². The summed E-state index contributed by atoms with van der Waals surface area (Å²) in [5.74, 6) is -1.22. The van der Waals surface area contributed by atoms with Crippen LogP contribution in [0.2, 0.25) is 0 Å². The smallest absolute Gasteiger partial charge is 0.326 e. The molecule has 0 aromatic heterocycles. The fourth-order valence-electron chi connectivity index (χ4n) is 1.87. The Morgan fingerprint density at radius 3 is 2.54 bits per heavy atom. The summed E-state index contributed by atoms with van der Waals surface area (Å²) in [7, 11) is 0. The number of aliphatic carboxylic acids is 1. The number of nitriles is 1. The van der Waals surface area contributed by atoms with Crippen LogP contribution in [0.4, 0.5) is 5.69 Å². The molecule has 0 aliphatic carbocycles. The highest BCUT2D eigenvalue weighted by Crippen LogP contribution is 2.10. The Hall–Kier alpha value is -2.46. The number of hydrogen-bond donors (Lipinski definition) is 3. The van der Waals surface area contributed by atoms with Crippen molar-refractivity contribution >= 4 is 29.3 Å². The Labute approximate surface area is 145 Å². The number of nitrogens with zero attached hydrogens (tertiary/aromatic N) is 1. The topological polar surface area (TPSA) is 102 Å². The number of thioether (sulfide) groups is 1. The molecule has 7 heteroatoms. The molecule has 0 aliphatic heterocycles. The van der Waals surface area contributed by atoms with Gasteiger partial charge in [0, 0.05) is 11.9 Å². The Morgan fingerprint density at radius 2 is 2.04 bits per heavy atom. The molecular formula is C17H21N3O3S. The number of carbonyl (C=O) groups is 2. The maximum Gasteiger partial charge on any atom is 0.326 e. The van der Waals surface area contributed by atoms with E-state index in [1.807, 2.05) is 30.5 Å². The first-order valence-electron chi connectivity index (χ1n) is 7.50. The normalized spacial score (nSPS) is 12.1. The number of carbonyl (C=O) groups excluding carboxylic acids is 1. The van der Waals surface area contributed by atoms with Gasteiger partial charge in [0.15, 0.2) is 0 Å². The fraction of sp³-hybridized carbons (Fsp3) is 0.353. The van der Waals surface area contributed by atoms with Crippen LogP contribution in [0.25, 0.3) is 0 Å². The van der Waals surface area contributed by atoms with Crippen LogP contribution in [-0.2, 0) is 16.0 Å². The third-order valence-electron chi connectivity index (χ3n) is 3.32. The number of anilines is 1. The second kappa shape index (κ2) is 10.3. The molecule has 0 spiro atoms. The first-order chi connectivity index (χ1) is 11.5. The largest absolute Gasteiger partial charge is 0.480 e. The molecule has 0 aliphatic rings. The van der Waals surface area contributed by atoms with E-state index >= 15 is 0 Å². The van der Waals surface area contributed by atoms with E-state index < -0.39 is 17.9 Å². The number of rotatable bonds is 9. The minimum Gasteiger partial charge on any atom is -0.480 e. The fourth-order valence-corrected chi connectivity index (χ4v) is 2.34. The molecular weight excluding hydrogens is 326 g/mol. The lowest BCUT2D eigenvalue weighted by Crippen LogP contribution is -2.41. The van der Waals surface area contributed by atoms with Crippen molar-refractivity contribution in [1.82, 2.24) is 5.32 Å². The van der Waals surface area contributed by atoms with E-state index in [9.17, 15) is 9.59 Å². The van der Waals surface area contributed by atoms with E-state index in [1.165, 1.54) is 23.5 Å². The van der Waals surface area contributed by atoms with Gasteiger partial charge in [-0.05, 0) is 42.5 Å². The first kappa shape index (κ1) is 19.6. The van der Waals surface area contributed by atoms with E-state index in [-0.39, 0.29) is 5.57 Å². The molecule has 3 N–H and O–H groups in total. The zero-order valence-electron chi connectivity index (χ0n) is 13.7. The lowest BCUT2D eigenvalue weighted by Gasteiger charge is -2.13. The number of carboxylic acids is 1. The number of nitrogens with one attached hydrogen (secondary N) is 2. The Balaban J connectivity index is 2.73. The van der Waals surface area contributed by atoms with Gasteiger partial charge in [0.05, 0.1) is 0 Å². The summed E-state index contributed by atoms with van der Waals surface area (Å²) in [6.45, 7) is 2.05. The molecule has 24 heavy (non-hydrogen) atoms. The van der Waals surface area contributed by atoms with E-state index in [0.717, 1.165) is 12.1 Å². The van der Waals surface area contributed by atoms with Gasteiger partial charge >= 0.3 is 5.97 Å². The standard InChI is InChI=1S/C17H21N3O3S/c1-3-12-4-6-14(7-5-12)19-11-13(10-18)16(21)20-15(17(22)23)8-9-24-2/h4-7,11,15,19H,3,8-9H2,1-2H3,(H,20,21)(H,22,23)/b13-11-. The molecule has 1 atom stereocenters. The molecule has 1 unspecified atom stereocenters. The molecule has 0 radical (unpaired) electrons. The Morgan fingerprint density at radius 1 is 1.38 bits per heavy atom. The second-order valence-corrected chi connectivity index (χ2v) is 6.00. The Bertz CT molecular complexity index is 635. The van der Waals surface area contributed by atoms with E-state index in [4.69, 9.17) is 10.4 Å². The molecule has 0 saturated heterocycles. The quantitative estimate of drug-likeness (QED) is 0.468. The third kappa shape index (κ3) is 6.34. The zero-order chi connectivity index (χ0) is 17.9. The van der Waals surface area contributed by atoms with Crippen LogP contribution in [0, 0.1) is 11.3 Å². The van der Waals surface area contributed by atoms with Gasteiger partial charge in [0.25, 0.3) is 5.91 Å². The van der Waals surface area contributed by atoms with Gasteiger partial charge in [-0.15, -0.1) is 0 Å². The van der Waals surface area contributed by atoms with Crippen molar-refractivity contribution < 1.29 is 14.7 Å². The average Bonchev–Trinajstić information content (AvgIpc) is 2.59. The van der Waals surface area contributed by atoms with Gasteiger partial charge in [-0.1, -0.05) is 19.1 Å². The summed E-state index contributed by atoms with van der Waals surface area (Å²) in [6, 6.07) is 8.37. The van der Waals surface area contributed by atoms with E-state index in [0.29, 0.717) is 12.2 Å². The van der Waals surface area contributed by atoms with Crippen LogP contribution in [0.3, 0.4) is 0 Å². The van der Waals surface area contributed by atoms with E-state index in [2.05, 4.69) is 17.6 Å². The summed E-state index contributed by atoms with van der Waals surface area (Å²) in [5, 5.41) is 23.5. The number of hydrogen-bond acceptors (Lipinski definition) is 5. The summed E-state index contributed by atoms with van der Waals surface area (Å²) in [6.07, 6.45) is 4.36. The monoisotopic (exact) mass is 347 g/mol. The van der Waals surface area contributed by atoms with Crippen LogP contribution in [0.1, 0.15) is 18.9 Å². The molecule has 0 bridgehead atoms. The summed E-state index contributed by atoms with van der Waals surface area (Å²) in [4.78, 5) is 23.2. The van der Waals surface area contributed by atoms with Crippen LogP contribution >= 0.6 is 11.8 Å². The summed E-state index contributed by atoms with van der Waals surface area (Å²) < 4.78 is 0. The molecule has 128 valence electrons. The minimum atomic E-state index is -1.11. The number of benzene rings is 1. The van der Waals surface area contributed by atoms with Crippen molar-refractivity contribution in [1.29, 1.82) is 5.26 Å². The SMILES string of the molecule is CCc1ccc(N/C=C(/C#N)C(=O)NC(CCSC)C(=O)O)cc1. The lowest BCUT2D eigenvalue weighted by molar-refractivity contribution is -0.141. The van der Waals surface area contributed by atoms with Crippen molar-refractivity contribution in [3.63, 3.8) is 0 Å². The maximum absolute atomic E-state index is 12.1. The van der Waals surface area contributed by atoms with Crippen molar-refractivity contribution in [2.75, 3.05) is 17.3 Å². The van der Waals surface area contributed by atoms with Crippen LogP contribution < -0.4 is 10.6 Å². The van der Waals surface area contributed by atoms with Crippen molar-refractivity contribution in [2.45, 2.75) is 25.8 Å². The molecule has 0 saturated carbocycles. The first-order valence-corrected chi connectivity index (χ1v) is 8.89. The maximum atomic E-state index is 12.1. The van der Waals surface area contributed by atoms with Crippen molar-refractivity contribution in [3.8, 4) is 6.07 Å². The highest BCUT2D eigenvalue weighted by molar-refractivity contribution is 7.98. The van der Waals surface area contributed by atoms with Crippen LogP contribution in [0.15, 0.2) is 36.0 Å². The summed E-state index contributed by atoms with van der Waals surface area (Å²) >= 11 is 1.49. The highest BCUT2D eigenvalue weighted by Gasteiger charge is 2.21. The minimum absolute atomic E-state index is 0.176. The molecule has 1 aromatic carbocycles. The second-order valence-electron chi connectivity index (χ2n) is 5.01. The number of amides is 1. The molecule has 1 rings (SSSR count). The third-order valence-corrected chi connectivity index (χ3v) is 3.97. The molecule has 0 heterocycles. The molecule has 1 amide bonds. The summed E-state index contributed by atoms with van der Waals surface area (Å²) in [5.41, 5.74) is 1.75. The highest BCUT2D eigenvalue weighted by atomic mass is 32.2. The number of carboxylic acid groups (broad SMARTS) is 1. The van der Waals surface area contributed by atoms with Gasteiger partial charge in [-0.2, -0.15) is 17.0 Å². The number of aryl methyl sites for hydroxylation is 1. The predicted octanol–water partition coefficient (Wildman–Crippen LogP) is 2.39. The van der Waals surface area contributed by atoms with Gasteiger partial charge in [-0.3, -0.25) is 4.79 Å². The molecule has 6 nitrogen and oxygen atoms in total. The van der Waals surface area contributed by atoms with Gasteiger partial charge in [0.2, 0.25) is 0 Å². The van der Waals surface area contributed by atoms with Gasteiger partial charge in [0.1, 0.15) is 17.7 Å². The van der Waals surface area contributed by atoms with E-state index in [1.54, 1.807) is 6.07 Å². The Kier molecular flexibility index (Phi) is 8.44. The zero-order valence-corrected chi connectivity index (χ0v) is 14.5. The lowest BCUT2D eigenvalue weighted by atomic mass is 10.1. The molecule has 1 aromatic rings. The van der Waals surface area contributed by atoms with Crippen LogP contribution in [0.5, 0.6) is 0 Å². The molecule has 0 fully saturated rings. The van der Waals surface area contributed by atoms with Gasteiger partial charge < -0.3 is 15.7 Å². The predicted molar refractivity (Wildman–Crippen MR) is 95.7 cm³/mol. The van der Waals surface area contributed by atoms with Crippen molar-refractivity contribution in [3.05, 3.63) is 41.6 Å². The van der Waals surface area contributed by atoms with Crippen LogP contribution in [-0.4, -0.2) is 35.0 Å².